The third-order valence-electron chi connectivity index (χ3n) is 4.32. The number of aromatic nitrogens is 1. The number of benzene rings is 1. The van der Waals surface area contributed by atoms with Gasteiger partial charge in [0.25, 0.3) is 0 Å². The summed E-state index contributed by atoms with van der Waals surface area (Å²) in [6, 6.07) is 8.81. The van der Waals surface area contributed by atoms with Gasteiger partial charge >= 0.3 is 0 Å². The molecule has 0 fully saturated rings. The molecule has 1 aromatic carbocycles. The fourth-order valence-corrected chi connectivity index (χ4v) is 3.14. The molecule has 1 nitrogen and oxygen atoms in total. The fourth-order valence-electron chi connectivity index (χ4n) is 3.14. The van der Waals surface area contributed by atoms with Crippen LogP contribution in [-0.4, -0.2) is 4.98 Å². The number of aryl methyl sites for hydroxylation is 1. The van der Waals surface area contributed by atoms with Gasteiger partial charge in [-0.25, -0.2) is 0 Å². The van der Waals surface area contributed by atoms with Crippen molar-refractivity contribution in [2.75, 3.05) is 0 Å². The van der Waals surface area contributed by atoms with Crippen LogP contribution in [0.3, 0.4) is 0 Å². The molecular weight excluding hydrogens is 230 g/mol. The van der Waals surface area contributed by atoms with Crippen LogP contribution in [0.1, 0.15) is 53.6 Å². The van der Waals surface area contributed by atoms with Crippen LogP contribution in [0.15, 0.2) is 30.5 Å². The fraction of sp³-hybridized carbons (Fsp3) is 0.333. The van der Waals surface area contributed by atoms with Crippen molar-refractivity contribution >= 4 is 11.6 Å². The molecule has 1 heterocycles. The van der Waals surface area contributed by atoms with Gasteiger partial charge in [-0.2, -0.15) is 0 Å². The lowest BCUT2D eigenvalue weighted by molar-refractivity contribution is 0.735. The topological polar surface area (TPSA) is 15.8 Å². The monoisotopic (exact) mass is 251 g/mol. The number of fused-ring (bicyclic) bond motifs is 1. The molecule has 0 saturated carbocycles. The first-order chi connectivity index (χ1) is 9.22. The second-order valence-corrected chi connectivity index (χ2v) is 5.54. The van der Waals surface area contributed by atoms with E-state index in [2.05, 4.69) is 62.3 Å². The molecular formula is C18H21N. The average molecular weight is 251 g/mol. The van der Waals surface area contributed by atoms with Gasteiger partial charge in [-0.1, -0.05) is 37.6 Å². The van der Waals surface area contributed by atoms with Gasteiger partial charge in [0.15, 0.2) is 0 Å². The lowest BCUT2D eigenvalue weighted by Crippen LogP contribution is -1.99. The molecule has 1 aliphatic carbocycles. The van der Waals surface area contributed by atoms with Gasteiger partial charge in [0.1, 0.15) is 0 Å². The predicted octanol–water partition coefficient (Wildman–Crippen LogP) is 5.07. The van der Waals surface area contributed by atoms with Crippen molar-refractivity contribution in [1.29, 1.82) is 0 Å². The van der Waals surface area contributed by atoms with Gasteiger partial charge in [-0.15, -0.1) is 0 Å². The van der Waals surface area contributed by atoms with Crippen molar-refractivity contribution in [3.63, 3.8) is 0 Å². The lowest BCUT2D eigenvalue weighted by atomic mass is 9.89. The third kappa shape index (κ3) is 1.94. The highest BCUT2D eigenvalue weighted by atomic mass is 14.7. The molecule has 1 atom stereocenters. The van der Waals surface area contributed by atoms with Gasteiger partial charge in [-0.3, -0.25) is 0 Å². The summed E-state index contributed by atoms with van der Waals surface area (Å²) in [4.78, 5) is 3.47. The van der Waals surface area contributed by atoms with E-state index in [4.69, 9.17) is 0 Å². The van der Waals surface area contributed by atoms with E-state index in [0.717, 1.165) is 0 Å². The van der Waals surface area contributed by atoms with E-state index >= 15 is 0 Å². The Morgan fingerprint density at radius 2 is 1.95 bits per heavy atom. The Kier molecular flexibility index (Phi) is 3.06. The molecule has 19 heavy (non-hydrogen) atoms. The molecule has 0 aliphatic heterocycles. The molecule has 1 aliphatic rings. The van der Waals surface area contributed by atoms with Crippen LogP contribution >= 0.6 is 0 Å². The first kappa shape index (κ1) is 12.3. The summed E-state index contributed by atoms with van der Waals surface area (Å²) in [5.41, 5.74) is 8.41. The van der Waals surface area contributed by atoms with Crippen molar-refractivity contribution in [1.82, 2.24) is 4.98 Å². The Labute approximate surface area is 115 Å². The summed E-state index contributed by atoms with van der Waals surface area (Å²) in [7, 11) is 0. The Bertz CT molecular complexity index is 631. The van der Waals surface area contributed by atoms with Crippen LogP contribution in [0.2, 0.25) is 0 Å². The average Bonchev–Trinajstić information content (AvgIpc) is 2.93. The summed E-state index contributed by atoms with van der Waals surface area (Å²) in [6.45, 7) is 6.66. The molecule has 0 radical (unpaired) electrons. The Morgan fingerprint density at radius 3 is 2.63 bits per heavy atom. The highest BCUT2D eigenvalue weighted by molar-refractivity contribution is 5.91. The normalized spacial score (nSPS) is 17.4. The molecule has 0 amide bonds. The molecule has 0 bridgehead atoms. The number of hydrogen-bond donors (Lipinski definition) is 1. The van der Waals surface area contributed by atoms with Gasteiger partial charge in [0, 0.05) is 17.8 Å². The zero-order valence-electron chi connectivity index (χ0n) is 12.0. The first-order valence-electron chi connectivity index (χ1n) is 7.17. The molecule has 1 aromatic heterocycles. The highest BCUT2D eigenvalue weighted by Crippen LogP contribution is 2.44. The second kappa shape index (κ2) is 4.73. The Balaban J connectivity index is 2.09. The maximum absolute atomic E-state index is 3.47. The largest absolute Gasteiger partial charge is 0.361 e. The van der Waals surface area contributed by atoms with E-state index < -0.39 is 0 Å². The summed E-state index contributed by atoms with van der Waals surface area (Å²) < 4.78 is 0. The molecule has 3 rings (SSSR count). The summed E-state index contributed by atoms with van der Waals surface area (Å²) in [6.07, 6.45) is 6.93. The smallest absolute Gasteiger partial charge is 0.0451 e. The lowest BCUT2D eigenvalue weighted by Gasteiger charge is -2.16. The third-order valence-corrected chi connectivity index (χ3v) is 4.32. The maximum atomic E-state index is 3.47. The predicted molar refractivity (Wildman–Crippen MR) is 82.2 cm³/mol. The van der Waals surface area contributed by atoms with Crippen LogP contribution in [0.4, 0.5) is 0 Å². The van der Waals surface area contributed by atoms with Gasteiger partial charge in [0.2, 0.25) is 0 Å². The van der Waals surface area contributed by atoms with Gasteiger partial charge < -0.3 is 4.98 Å². The van der Waals surface area contributed by atoms with Crippen LogP contribution in [0, 0.1) is 13.8 Å². The quantitative estimate of drug-likeness (QED) is 0.784. The van der Waals surface area contributed by atoms with Crippen molar-refractivity contribution < 1.29 is 0 Å². The number of H-pyrrole nitrogens is 1. The zero-order chi connectivity index (χ0) is 13.4. The Hall–Kier alpha value is -1.76. The molecule has 2 aromatic rings. The number of nitrogens with one attached hydrogen (secondary N) is 1. The van der Waals surface area contributed by atoms with Crippen LogP contribution < -0.4 is 0 Å². The molecule has 0 spiro atoms. The maximum Gasteiger partial charge on any atom is 0.0451 e. The number of aromatic amines is 1. The van der Waals surface area contributed by atoms with Crippen molar-refractivity contribution in [2.24, 2.45) is 0 Å². The van der Waals surface area contributed by atoms with E-state index in [0.29, 0.717) is 5.92 Å². The highest BCUT2D eigenvalue weighted by Gasteiger charge is 2.26. The SMILES string of the molecule is CCCC1C(c2[nH]cc(C)c2C)=Cc2ccccc21. The second-order valence-electron chi connectivity index (χ2n) is 5.54. The molecule has 1 heteroatoms. The van der Waals surface area contributed by atoms with E-state index in [9.17, 15) is 0 Å². The minimum atomic E-state index is 0.554. The van der Waals surface area contributed by atoms with Gasteiger partial charge in [0.05, 0.1) is 0 Å². The minimum absolute atomic E-state index is 0.554. The Morgan fingerprint density at radius 1 is 1.16 bits per heavy atom. The number of allylic oxidation sites excluding steroid dienone is 1. The minimum Gasteiger partial charge on any atom is -0.361 e. The van der Waals surface area contributed by atoms with E-state index in [1.807, 2.05) is 0 Å². The van der Waals surface area contributed by atoms with Crippen LogP contribution in [0.5, 0.6) is 0 Å². The van der Waals surface area contributed by atoms with Crippen LogP contribution in [0.25, 0.3) is 11.6 Å². The van der Waals surface area contributed by atoms with E-state index in [1.54, 1.807) is 0 Å². The summed E-state index contributed by atoms with van der Waals surface area (Å²) >= 11 is 0. The molecule has 1 unspecified atom stereocenters. The van der Waals surface area contributed by atoms with Crippen LogP contribution in [-0.2, 0) is 0 Å². The standard InChI is InChI=1S/C18H21N/c1-4-7-16-15-9-6-5-8-14(15)10-17(16)18-13(3)12(2)11-19-18/h5-6,8-11,16,19H,4,7H2,1-3H3. The van der Waals surface area contributed by atoms with E-state index in [1.165, 1.54) is 46.4 Å². The van der Waals surface area contributed by atoms with E-state index in [-0.39, 0.29) is 0 Å². The van der Waals surface area contributed by atoms with Gasteiger partial charge in [-0.05, 0) is 54.2 Å². The van der Waals surface area contributed by atoms with Crippen molar-refractivity contribution in [3.05, 3.63) is 58.4 Å². The number of hydrogen-bond acceptors (Lipinski definition) is 0. The molecule has 98 valence electrons. The summed E-state index contributed by atoms with van der Waals surface area (Å²) in [5, 5.41) is 0. The molecule has 1 N–H and O–H groups in total. The zero-order valence-corrected chi connectivity index (χ0v) is 12.0. The van der Waals surface area contributed by atoms with Crippen molar-refractivity contribution in [2.45, 2.75) is 39.5 Å². The summed E-state index contributed by atoms with van der Waals surface area (Å²) in [5.74, 6) is 0.554. The first-order valence-corrected chi connectivity index (χ1v) is 7.17. The molecule has 0 saturated heterocycles. The number of rotatable bonds is 3. The van der Waals surface area contributed by atoms with Crippen molar-refractivity contribution in [3.8, 4) is 0 Å².